The zero-order valence-electron chi connectivity index (χ0n) is 10.0. The molecule has 0 spiro atoms. The Morgan fingerprint density at radius 2 is 2.17 bits per heavy atom. The molecule has 0 aliphatic carbocycles. The third kappa shape index (κ3) is 4.68. The van der Waals surface area contributed by atoms with Gasteiger partial charge in [0, 0.05) is 22.5 Å². The predicted molar refractivity (Wildman–Crippen MR) is 73.0 cm³/mol. The van der Waals surface area contributed by atoms with Crippen LogP contribution in [0.25, 0.3) is 0 Å². The highest BCUT2D eigenvalue weighted by Crippen LogP contribution is 2.35. The Balaban J connectivity index is 2.88. The molecule has 1 rings (SSSR count). The van der Waals surface area contributed by atoms with Crippen LogP contribution in [0.15, 0.2) is 16.7 Å². The minimum atomic E-state index is -4.41. The third-order valence-electron chi connectivity index (χ3n) is 2.11. The van der Waals surface area contributed by atoms with Gasteiger partial charge in [-0.05, 0) is 34.7 Å². The molecule has 0 aromatic carbocycles. The van der Waals surface area contributed by atoms with E-state index in [2.05, 4.69) is 26.2 Å². The maximum Gasteiger partial charge on any atom is 0.419 e. The Morgan fingerprint density at radius 1 is 1.50 bits per heavy atom. The standard InChI is InChI=1S/C11H14BrF3N2S/c1-3-18-6-7(2)17-10-9(11(13,14)15)4-8(12)5-16-10/h4-5,7H,3,6H2,1-2H3,(H,16,17). The molecule has 1 unspecified atom stereocenters. The molecule has 1 N–H and O–H groups in total. The second-order valence-electron chi connectivity index (χ2n) is 3.75. The SMILES string of the molecule is CCSCC(C)Nc1ncc(Br)cc1C(F)(F)F. The molecule has 0 fully saturated rings. The van der Waals surface area contributed by atoms with E-state index in [1.165, 1.54) is 6.20 Å². The average Bonchev–Trinajstić information content (AvgIpc) is 2.27. The van der Waals surface area contributed by atoms with Gasteiger partial charge in [0.25, 0.3) is 0 Å². The topological polar surface area (TPSA) is 24.9 Å². The summed E-state index contributed by atoms with van der Waals surface area (Å²) in [6, 6.07) is 0.972. The minimum absolute atomic E-state index is 0.0651. The first kappa shape index (κ1) is 15.6. The van der Waals surface area contributed by atoms with Crippen molar-refractivity contribution < 1.29 is 13.2 Å². The fourth-order valence-electron chi connectivity index (χ4n) is 1.34. The van der Waals surface area contributed by atoms with Crippen molar-refractivity contribution in [2.45, 2.75) is 26.1 Å². The Morgan fingerprint density at radius 3 is 2.72 bits per heavy atom. The van der Waals surface area contributed by atoms with Crippen molar-refractivity contribution in [3.05, 3.63) is 22.3 Å². The first-order valence-corrected chi connectivity index (χ1v) is 7.36. The summed E-state index contributed by atoms with van der Waals surface area (Å²) in [7, 11) is 0. The lowest BCUT2D eigenvalue weighted by atomic mass is 10.2. The van der Waals surface area contributed by atoms with Gasteiger partial charge in [0.05, 0.1) is 5.56 Å². The number of nitrogens with zero attached hydrogens (tertiary/aromatic N) is 1. The number of rotatable bonds is 5. The first-order chi connectivity index (χ1) is 8.34. The van der Waals surface area contributed by atoms with Crippen LogP contribution >= 0.6 is 27.7 Å². The Labute approximate surface area is 117 Å². The summed E-state index contributed by atoms with van der Waals surface area (Å²) in [5.41, 5.74) is -0.745. The van der Waals surface area contributed by atoms with Crippen LogP contribution < -0.4 is 5.32 Å². The van der Waals surface area contributed by atoms with Crippen molar-refractivity contribution in [3.8, 4) is 0 Å². The fourth-order valence-corrected chi connectivity index (χ4v) is 2.34. The molecule has 2 nitrogen and oxygen atoms in total. The summed E-state index contributed by atoms with van der Waals surface area (Å²) < 4.78 is 38.8. The van der Waals surface area contributed by atoms with Gasteiger partial charge in [-0.15, -0.1) is 0 Å². The molecule has 1 heterocycles. The quantitative estimate of drug-likeness (QED) is 0.857. The highest BCUT2D eigenvalue weighted by molar-refractivity contribution is 9.10. The zero-order valence-corrected chi connectivity index (χ0v) is 12.4. The highest BCUT2D eigenvalue weighted by Gasteiger charge is 2.34. The van der Waals surface area contributed by atoms with Crippen molar-refractivity contribution in [2.24, 2.45) is 0 Å². The van der Waals surface area contributed by atoms with E-state index in [1.54, 1.807) is 11.8 Å². The van der Waals surface area contributed by atoms with Crippen LogP contribution in [-0.4, -0.2) is 22.5 Å². The lowest BCUT2D eigenvalue weighted by molar-refractivity contribution is -0.137. The van der Waals surface area contributed by atoms with Gasteiger partial charge in [-0.2, -0.15) is 24.9 Å². The Bertz CT molecular complexity index is 398. The van der Waals surface area contributed by atoms with Crippen LogP contribution in [0, 0.1) is 0 Å². The third-order valence-corrected chi connectivity index (χ3v) is 3.69. The average molecular weight is 343 g/mol. The van der Waals surface area contributed by atoms with Gasteiger partial charge in [0.15, 0.2) is 0 Å². The summed E-state index contributed by atoms with van der Waals surface area (Å²) in [5, 5.41) is 2.81. The van der Waals surface area contributed by atoms with E-state index in [0.29, 0.717) is 4.47 Å². The van der Waals surface area contributed by atoms with E-state index >= 15 is 0 Å². The Kier molecular flexibility index (Phi) is 5.78. The van der Waals surface area contributed by atoms with Crippen LogP contribution in [0.4, 0.5) is 19.0 Å². The van der Waals surface area contributed by atoms with Crippen LogP contribution in [-0.2, 0) is 6.18 Å². The molecular weight excluding hydrogens is 329 g/mol. The molecule has 0 aliphatic rings. The summed E-state index contributed by atoms with van der Waals surface area (Å²) in [4.78, 5) is 3.81. The summed E-state index contributed by atoms with van der Waals surface area (Å²) in [6.45, 7) is 3.85. The highest BCUT2D eigenvalue weighted by atomic mass is 79.9. The number of thioether (sulfide) groups is 1. The van der Waals surface area contributed by atoms with Crippen LogP contribution in [0.1, 0.15) is 19.4 Å². The molecule has 102 valence electrons. The van der Waals surface area contributed by atoms with Crippen molar-refractivity contribution >= 4 is 33.5 Å². The van der Waals surface area contributed by atoms with E-state index in [1.807, 2.05) is 13.8 Å². The Hall–Kier alpha value is -0.430. The second-order valence-corrected chi connectivity index (χ2v) is 5.99. The maximum atomic E-state index is 12.8. The number of halogens is 4. The molecule has 0 radical (unpaired) electrons. The lowest BCUT2D eigenvalue weighted by Crippen LogP contribution is -2.22. The van der Waals surface area contributed by atoms with Gasteiger partial charge >= 0.3 is 6.18 Å². The van der Waals surface area contributed by atoms with Gasteiger partial charge in [-0.1, -0.05) is 6.92 Å². The van der Waals surface area contributed by atoms with Gasteiger partial charge in [-0.3, -0.25) is 0 Å². The number of alkyl halides is 3. The molecule has 1 atom stereocenters. The summed E-state index contributed by atoms with van der Waals surface area (Å²) in [6.07, 6.45) is -3.05. The molecule has 0 saturated carbocycles. The molecule has 0 amide bonds. The van der Waals surface area contributed by atoms with E-state index in [9.17, 15) is 13.2 Å². The molecule has 1 aromatic rings. The number of aromatic nitrogens is 1. The van der Waals surface area contributed by atoms with E-state index in [0.717, 1.165) is 17.6 Å². The van der Waals surface area contributed by atoms with Crippen molar-refractivity contribution in [1.29, 1.82) is 0 Å². The van der Waals surface area contributed by atoms with Gasteiger partial charge in [0.2, 0.25) is 0 Å². The summed E-state index contributed by atoms with van der Waals surface area (Å²) >= 11 is 4.67. The monoisotopic (exact) mass is 342 g/mol. The molecule has 0 aliphatic heterocycles. The fraction of sp³-hybridized carbons (Fsp3) is 0.545. The molecule has 1 aromatic heterocycles. The number of anilines is 1. The van der Waals surface area contributed by atoms with Gasteiger partial charge in [0.1, 0.15) is 5.82 Å². The second kappa shape index (κ2) is 6.65. The molecule has 7 heteroatoms. The smallest absolute Gasteiger partial charge is 0.366 e. The van der Waals surface area contributed by atoms with Gasteiger partial charge in [-0.25, -0.2) is 4.98 Å². The largest absolute Gasteiger partial charge is 0.419 e. The number of nitrogens with one attached hydrogen (secondary N) is 1. The van der Waals surface area contributed by atoms with Crippen molar-refractivity contribution in [1.82, 2.24) is 4.98 Å². The van der Waals surface area contributed by atoms with E-state index in [-0.39, 0.29) is 11.9 Å². The lowest BCUT2D eigenvalue weighted by Gasteiger charge is -2.18. The number of hydrogen-bond donors (Lipinski definition) is 1. The number of hydrogen-bond acceptors (Lipinski definition) is 3. The van der Waals surface area contributed by atoms with Crippen LogP contribution in [0.5, 0.6) is 0 Å². The van der Waals surface area contributed by atoms with E-state index < -0.39 is 11.7 Å². The van der Waals surface area contributed by atoms with Crippen LogP contribution in [0.3, 0.4) is 0 Å². The maximum absolute atomic E-state index is 12.8. The van der Waals surface area contributed by atoms with E-state index in [4.69, 9.17) is 0 Å². The van der Waals surface area contributed by atoms with Crippen molar-refractivity contribution in [3.63, 3.8) is 0 Å². The predicted octanol–water partition coefficient (Wildman–Crippen LogP) is 4.42. The summed E-state index contributed by atoms with van der Waals surface area (Å²) in [5.74, 6) is 1.56. The minimum Gasteiger partial charge on any atom is -0.366 e. The van der Waals surface area contributed by atoms with Crippen molar-refractivity contribution in [2.75, 3.05) is 16.8 Å². The molecular formula is C11H14BrF3N2S. The van der Waals surface area contributed by atoms with Crippen LogP contribution in [0.2, 0.25) is 0 Å². The zero-order chi connectivity index (χ0) is 13.8. The molecule has 18 heavy (non-hydrogen) atoms. The first-order valence-electron chi connectivity index (χ1n) is 5.41. The normalized spacial score (nSPS) is 13.4. The number of pyridine rings is 1. The molecule has 0 saturated heterocycles. The molecule has 0 bridgehead atoms. The van der Waals surface area contributed by atoms with Gasteiger partial charge < -0.3 is 5.32 Å².